The zero-order valence-electron chi connectivity index (χ0n) is 10.3. The summed E-state index contributed by atoms with van der Waals surface area (Å²) in [6.45, 7) is 0. The lowest BCUT2D eigenvalue weighted by Crippen LogP contribution is -2.49. The minimum atomic E-state index is -0.330. The molecule has 0 aromatic carbocycles. The van der Waals surface area contributed by atoms with E-state index in [1.165, 1.54) is 25.7 Å². The van der Waals surface area contributed by atoms with Crippen molar-refractivity contribution in [3.8, 4) is 6.07 Å². The quantitative estimate of drug-likeness (QED) is 0.798. The van der Waals surface area contributed by atoms with Gasteiger partial charge < -0.3 is 0 Å². The Hall–Kier alpha value is -1.05. The van der Waals surface area contributed by atoms with Gasteiger partial charge >= 0.3 is 0 Å². The van der Waals surface area contributed by atoms with Crippen LogP contribution in [0.5, 0.6) is 0 Å². The van der Waals surface area contributed by atoms with Gasteiger partial charge in [-0.25, -0.2) is 4.98 Å². The van der Waals surface area contributed by atoms with Gasteiger partial charge in [-0.15, -0.1) is 11.8 Å². The van der Waals surface area contributed by atoms with Crippen LogP contribution in [0.25, 0.3) is 0 Å². The average Bonchev–Trinajstić information content (AvgIpc) is 3.28. The number of hydrogen-bond acceptors (Lipinski definition) is 4. The molecule has 0 radical (unpaired) electrons. The topological polar surface area (TPSA) is 48.7 Å². The Balaban J connectivity index is 1.67. The van der Waals surface area contributed by atoms with Crippen LogP contribution >= 0.6 is 11.8 Å². The SMILES string of the molecule is N#CC(CSc1ccccn1)(NC1CC1)C1CC1. The standard InChI is InChI=1S/C14H17N3S/c15-9-14(11-4-5-11,17-12-6-7-12)10-18-13-3-1-2-8-16-13/h1-3,8,11-12,17H,4-7,10H2. The largest absolute Gasteiger partial charge is 0.296 e. The van der Waals surface area contributed by atoms with Crippen LogP contribution in [0.15, 0.2) is 29.4 Å². The number of nitrogens with one attached hydrogen (secondary N) is 1. The third-order valence-corrected chi connectivity index (χ3v) is 4.74. The molecule has 1 aromatic heterocycles. The monoisotopic (exact) mass is 259 g/mol. The maximum absolute atomic E-state index is 9.60. The molecule has 2 aliphatic carbocycles. The van der Waals surface area contributed by atoms with Crippen LogP contribution in [0.4, 0.5) is 0 Å². The normalized spacial score (nSPS) is 22.2. The van der Waals surface area contributed by atoms with Gasteiger partial charge in [0.05, 0.1) is 11.1 Å². The highest BCUT2D eigenvalue weighted by Gasteiger charge is 2.48. The Kier molecular flexibility index (Phi) is 3.27. The maximum Gasteiger partial charge on any atom is 0.119 e. The third-order valence-electron chi connectivity index (χ3n) is 3.60. The summed E-state index contributed by atoms with van der Waals surface area (Å²) in [6.07, 6.45) is 6.64. The molecular weight excluding hydrogens is 242 g/mol. The van der Waals surface area contributed by atoms with E-state index in [0.29, 0.717) is 12.0 Å². The van der Waals surface area contributed by atoms with Crippen molar-refractivity contribution in [1.29, 1.82) is 5.26 Å². The van der Waals surface area contributed by atoms with Crippen molar-refractivity contribution in [3.63, 3.8) is 0 Å². The van der Waals surface area contributed by atoms with Crippen molar-refractivity contribution in [2.75, 3.05) is 5.75 Å². The first kappa shape index (κ1) is 12.0. The van der Waals surface area contributed by atoms with Crippen molar-refractivity contribution in [2.45, 2.75) is 42.3 Å². The minimum Gasteiger partial charge on any atom is -0.296 e. The zero-order chi connectivity index (χ0) is 12.4. The summed E-state index contributed by atoms with van der Waals surface area (Å²) in [6, 6.07) is 9.06. The highest BCUT2D eigenvalue weighted by molar-refractivity contribution is 7.99. The zero-order valence-corrected chi connectivity index (χ0v) is 11.1. The van der Waals surface area contributed by atoms with E-state index in [0.717, 1.165) is 10.8 Å². The van der Waals surface area contributed by atoms with Crippen LogP contribution < -0.4 is 5.32 Å². The number of thioether (sulfide) groups is 1. The van der Waals surface area contributed by atoms with E-state index >= 15 is 0 Å². The molecule has 0 amide bonds. The lowest BCUT2D eigenvalue weighted by atomic mass is 9.97. The van der Waals surface area contributed by atoms with Gasteiger partial charge in [-0.05, 0) is 43.7 Å². The first-order chi connectivity index (χ1) is 8.82. The summed E-state index contributed by atoms with van der Waals surface area (Å²) in [4.78, 5) is 4.32. The third kappa shape index (κ3) is 2.68. The van der Waals surface area contributed by atoms with E-state index in [9.17, 15) is 5.26 Å². The number of nitrogens with zero attached hydrogens (tertiary/aromatic N) is 2. The number of rotatable bonds is 6. The van der Waals surface area contributed by atoms with Crippen LogP contribution in [0.3, 0.4) is 0 Å². The Morgan fingerprint density at radius 1 is 1.39 bits per heavy atom. The Bertz CT molecular complexity index is 448. The molecule has 1 aromatic rings. The summed E-state index contributed by atoms with van der Waals surface area (Å²) >= 11 is 1.69. The van der Waals surface area contributed by atoms with E-state index in [4.69, 9.17) is 0 Å². The Morgan fingerprint density at radius 3 is 2.78 bits per heavy atom. The first-order valence-electron chi connectivity index (χ1n) is 6.55. The number of aromatic nitrogens is 1. The second-order valence-electron chi connectivity index (χ2n) is 5.23. The molecule has 0 saturated heterocycles. The van der Waals surface area contributed by atoms with Gasteiger partial charge in [0.2, 0.25) is 0 Å². The Labute approximate surface area is 112 Å². The predicted octanol–water partition coefficient (Wildman–Crippen LogP) is 2.60. The molecule has 0 spiro atoms. The molecule has 2 saturated carbocycles. The van der Waals surface area contributed by atoms with Crippen molar-refractivity contribution in [1.82, 2.24) is 10.3 Å². The smallest absolute Gasteiger partial charge is 0.119 e. The van der Waals surface area contributed by atoms with Crippen LogP contribution in [0.2, 0.25) is 0 Å². The molecule has 0 bridgehead atoms. The van der Waals surface area contributed by atoms with E-state index in [2.05, 4.69) is 16.4 Å². The van der Waals surface area contributed by atoms with Gasteiger partial charge in [0.15, 0.2) is 0 Å². The van der Waals surface area contributed by atoms with E-state index in [1.54, 1.807) is 11.8 Å². The van der Waals surface area contributed by atoms with E-state index in [1.807, 2.05) is 24.4 Å². The lowest BCUT2D eigenvalue weighted by molar-refractivity contribution is 0.401. The summed E-state index contributed by atoms with van der Waals surface area (Å²) in [5.74, 6) is 1.35. The van der Waals surface area contributed by atoms with Gasteiger partial charge in [0.1, 0.15) is 5.54 Å². The molecule has 1 N–H and O–H groups in total. The minimum absolute atomic E-state index is 0.330. The second kappa shape index (κ2) is 4.91. The van der Waals surface area contributed by atoms with Gasteiger partial charge in [-0.3, -0.25) is 5.32 Å². The molecule has 94 valence electrons. The molecule has 3 rings (SSSR count). The first-order valence-corrected chi connectivity index (χ1v) is 7.54. The maximum atomic E-state index is 9.60. The molecule has 2 fully saturated rings. The number of nitriles is 1. The van der Waals surface area contributed by atoms with Gasteiger partial charge in [-0.2, -0.15) is 5.26 Å². The fourth-order valence-corrected chi connectivity index (χ4v) is 3.29. The molecule has 1 atom stereocenters. The molecule has 18 heavy (non-hydrogen) atoms. The van der Waals surface area contributed by atoms with Gasteiger partial charge in [0, 0.05) is 18.0 Å². The molecule has 0 aliphatic heterocycles. The predicted molar refractivity (Wildman–Crippen MR) is 72.2 cm³/mol. The summed E-state index contributed by atoms with van der Waals surface area (Å²) in [5, 5.41) is 14.2. The second-order valence-corrected chi connectivity index (χ2v) is 6.23. The molecule has 1 unspecified atom stereocenters. The average molecular weight is 259 g/mol. The summed E-state index contributed by atoms with van der Waals surface area (Å²) in [5.41, 5.74) is -0.330. The van der Waals surface area contributed by atoms with Crippen molar-refractivity contribution in [2.24, 2.45) is 5.92 Å². The lowest BCUT2D eigenvalue weighted by Gasteiger charge is -2.27. The van der Waals surface area contributed by atoms with Crippen LogP contribution in [0, 0.1) is 17.2 Å². The highest BCUT2D eigenvalue weighted by Crippen LogP contribution is 2.43. The molecule has 3 nitrogen and oxygen atoms in total. The summed E-state index contributed by atoms with van der Waals surface area (Å²) < 4.78 is 0. The number of pyridine rings is 1. The van der Waals surface area contributed by atoms with Crippen LogP contribution in [-0.4, -0.2) is 22.3 Å². The molecule has 4 heteroatoms. The van der Waals surface area contributed by atoms with Crippen molar-refractivity contribution in [3.05, 3.63) is 24.4 Å². The van der Waals surface area contributed by atoms with Crippen LogP contribution in [-0.2, 0) is 0 Å². The van der Waals surface area contributed by atoms with Crippen molar-refractivity contribution < 1.29 is 0 Å². The number of hydrogen-bond donors (Lipinski definition) is 1. The molecule has 1 heterocycles. The van der Waals surface area contributed by atoms with E-state index in [-0.39, 0.29) is 5.54 Å². The Morgan fingerprint density at radius 2 is 2.22 bits per heavy atom. The van der Waals surface area contributed by atoms with E-state index < -0.39 is 0 Å². The fourth-order valence-electron chi connectivity index (χ4n) is 2.22. The highest BCUT2D eigenvalue weighted by atomic mass is 32.2. The van der Waals surface area contributed by atoms with Gasteiger partial charge in [0.25, 0.3) is 0 Å². The molecule has 2 aliphatic rings. The fraction of sp³-hybridized carbons (Fsp3) is 0.571. The van der Waals surface area contributed by atoms with Crippen molar-refractivity contribution >= 4 is 11.8 Å². The molecular formula is C14H17N3S. The van der Waals surface area contributed by atoms with Gasteiger partial charge in [-0.1, -0.05) is 6.07 Å². The van der Waals surface area contributed by atoms with Crippen LogP contribution in [0.1, 0.15) is 25.7 Å². The summed E-state index contributed by atoms with van der Waals surface area (Å²) in [7, 11) is 0.